The number of nitrogens with one attached hydrogen (secondary N) is 2. The van der Waals surface area contributed by atoms with E-state index >= 15 is 0 Å². The molecule has 4 heteroatoms. The maximum atomic E-state index is 12.7. The number of carbonyl (C=O) groups excluding carboxylic acids is 1. The highest BCUT2D eigenvalue weighted by atomic mass is 32.2. The van der Waals surface area contributed by atoms with Crippen LogP contribution in [0.1, 0.15) is 17.2 Å². The SMILES string of the molecule is O=C(NC1CCNC1)C(Sc1ccccc1)c1ccccc1. The van der Waals surface area contributed by atoms with Gasteiger partial charge in [0.15, 0.2) is 0 Å². The molecule has 0 bridgehead atoms. The maximum absolute atomic E-state index is 12.7. The van der Waals surface area contributed by atoms with Gasteiger partial charge >= 0.3 is 0 Å². The standard InChI is InChI=1S/C18H20N2OS/c21-18(20-15-11-12-19-13-15)17(14-7-3-1-4-8-14)22-16-9-5-2-6-10-16/h1-10,15,17,19H,11-13H2,(H,20,21). The number of carbonyl (C=O) groups is 1. The monoisotopic (exact) mass is 312 g/mol. The molecule has 1 fully saturated rings. The second-order valence-corrected chi connectivity index (χ2v) is 6.60. The average molecular weight is 312 g/mol. The molecule has 0 saturated carbocycles. The van der Waals surface area contributed by atoms with Crippen LogP contribution in [0.15, 0.2) is 65.6 Å². The van der Waals surface area contributed by atoms with Crippen LogP contribution in [0.25, 0.3) is 0 Å². The summed E-state index contributed by atoms with van der Waals surface area (Å²) in [6.45, 7) is 1.84. The molecule has 0 aliphatic carbocycles. The molecule has 22 heavy (non-hydrogen) atoms. The third-order valence-corrected chi connectivity index (χ3v) is 5.01. The molecule has 2 unspecified atom stereocenters. The first-order valence-corrected chi connectivity index (χ1v) is 8.48. The molecule has 0 radical (unpaired) electrons. The molecule has 1 amide bonds. The van der Waals surface area contributed by atoms with Crippen LogP contribution in [0.4, 0.5) is 0 Å². The van der Waals surface area contributed by atoms with Crippen molar-refractivity contribution in [1.29, 1.82) is 0 Å². The lowest BCUT2D eigenvalue weighted by Gasteiger charge is -2.19. The molecule has 1 aliphatic heterocycles. The van der Waals surface area contributed by atoms with E-state index in [1.54, 1.807) is 11.8 Å². The molecule has 2 aromatic carbocycles. The van der Waals surface area contributed by atoms with Crippen molar-refractivity contribution in [1.82, 2.24) is 10.6 Å². The number of benzene rings is 2. The number of rotatable bonds is 5. The van der Waals surface area contributed by atoms with Crippen LogP contribution in [0.3, 0.4) is 0 Å². The van der Waals surface area contributed by atoms with Crippen LogP contribution in [-0.2, 0) is 4.79 Å². The Balaban J connectivity index is 1.77. The number of thioether (sulfide) groups is 1. The minimum Gasteiger partial charge on any atom is -0.351 e. The summed E-state index contributed by atoms with van der Waals surface area (Å²) in [6.07, 6.45) is 1.00. The normalized spacial score (nSPS) is 18.8. The fourth-order valence-electron chi connectivity index (χ4n) is 2.59. The molecular formula is C18H20N2OS. The fraction of sp³-hybridized carbons (Fsp3) is 0.278. The summed E-state index contributed by atoms with van der Waals surface area (Å²) in [7, 11) is 0. The van der Waals surface area contributed by atoms with Crippen molar-refractivity contribution in [2.75, 3.05) is 13.1 Å². The molecule has 1 heterocycles. The molecule has 2 N–H and O–H groups in total. The van der Waals surface area contributed by atoms with E-state index in [0.29, 0.717) is 0 Å². The van der Waals surface area contributed by atoms with Crippen LogP contribution in [0.5, 0.6) is 0 Å². The molecular weight excluding hydrogens is 292 g/mol. The smallest absolute Gasteiger partial charge is 0.238 e. The number of hydrogen-bond donors (Lipinski definition) is 2. The average Bonchev–Trinajstić information content (AvgIpc) is 3.07. The molecule has 3 nitrogen and oxygen atoms in total. The van der Waals surface area contributed by atoms with Gasteiger partial charge in [-0.3, -0.25) is 4.79 Å². The highest BCUT2D eigenvalue weighted by Gasteiger charge is 2.25. The highest BCUT2D eigenvalue weighted by Crippen LogP contribution is 2.35. The van der Waals surface area contributed by atoms with Gasteiger partial charge in [-0.2, -0.15) is 0 Å². The van der Waals surface area contributed by atoms with Crippen molar-refractivity contribution < 1.29 is 4.79 Å². The van der Waals surface area contributed by atoms with Gasteiger partial charge in [0.25, 0.3) is 0 Å². The third kappa shape index (κ3) is 3.90. The molecule has 1 saturated heterocycles. The minimum atomic E-state index is -0.218. The predicted molar refractivity (Wildman–Crippen MR) is 90.9 cm³/mol. The molecule has 114 valence electrons. The van der Waals surface area contributed by atoms with Gasteiger partial charge in [0.05, 0.1) is 0 Å². The van der Waals surface area contributed by atoms with E-state index in [1.165, 1.54) is 0 Å². The second-order valence-electron chi connectivity index (χ2n) is 5.42. The summed E-state index contributed by atoms with van der Waals surface area (Å²) in [5.41, 5.74) is 1.04. The van der Waals surface area contributed by atoms with E-state index in [4.69, 9.17) is 0 Å². The molecule has 0 spiro atoms. The zero-order chi connectivity index (χ0) is 15.2. The van der Waals surface area contributed by atoms with Gasteiger partial charge in [-0.1, -0.05) is 48.5 Å². The van der Waals surface area contributed by atoms with E-state index in [0.717, 1.165) is 30.0 Å². The molecule has 3 rings (SSSR count). The number of amides is 1. The highest BCUT2D eigenvalue weighted by molar-refractivity contribution is 8.00. The van der Waals surface area contributed by atoms with Gasteiger partial charge in [0, 0.05) is 17.5 Å². The van der Waals surface area contributed by atoms with Crippen LogP contribution in [0.2, 0.25) is 0 Å². The van der Waals surface area contributed by atoms with Crippen molar-refractivity contribution >= 4 is 17.7 Å². The summed E-state index contributed by atoms with van der Waals surface area (Å²) in [4.78, 5) is 13.9. The largest absolute Gasteiger partial charge is 0.351 e. The summed E-state index contributed by atoms with van der Waals surface area (Å²) in [5, 5.41) is 6.24. The zero-order valence-electron chi connectivity index (χ0n) is 12.4. The fourth-order valence-corrected chi connectivity index (χ4v) is 3.65. The lowest BCUT2D eigenvalue weighted by molar-refractivity contribution is -0.121. The molecule has 1 aliphatic rings. The Hall–Kier alpha value is -1.78. The van der Waals surface area contributed by atoms with Crippen molar-refractivity contribution in [2.45, 2.75) is 22.6 Å². The minimum absolute atomic E-state index is 0.0914. The van der Waals surface area contributed by atoms with Crippen LogP contribution in [-0.4, -0.2) is 25.0 Å². The van der Waals surface area contributed by atoms with E-state index in [1.807, 2.05) is 60.7 Å². The summed E-state index contributed by atoms with van der Waals surface area (Å²) in [6, 6.07) is 20.3. The van der Waals surface area contributed by atoms with Crippen molar-refractivity contribution in [2.24, 2.45) is 0 Å². The summed E-state index contributed by atoms with van der Waals surface area (Å²) >= 11 is 1.60. The maximum Gasteiger partial charge on any atom is 0.238 e. The zero-order valence-corrected chi connectivity index (χ0v) is 13.2. The van der Waals surface area contributed by atoms with Crippen LogP contribution in [0, 0.1) is 0 Å². The Morgan fingerprint density at radius 1 is 1.09 bits per heavy atom. The Morgan fingerprint density at radius 3 is 2.41 bits per heavy atom. The molecule has 2 aromatic rings. The Bertz CT molecular complexity index is 597. The first-order chi connectivity index (χ1) is 10.8. The van der Waals surface area contributed by atoms with Gasteiger partial charge in [-0.05, 0) is 30.7 Å². The van der Waals surface area contributed by atoms with Gasteiger partial charge in [-0.15, -0.1) is 11.8 Å². The molecule has 0 aromatic heterocycles. The van der Waals surface area contributed by atoms with Gasteiger partial charge < -0.3 is 10.6 Å². The predicted octanol–water partition coefficient (Wildman–Crippen LogP) is 3.00. The topological polar surface area (TPSA) is 41.1 Å². The Labute approximate surface area is 135 Å². The third-order valence-electron chi connectivity index (χ3n) is 3.74. The van der Waals surface area contributed by atoms with Crippen molar-refractivity contribution in [3.63, 3.8) is 0 Å². The Kier molecular flexibility index (Phi) is 5.14. The van der Waals surface area contributed by atoms with E-state index in [2.05, 4.69) is 10.6 Å². The van der Waals surface area contributed by atoms with Gasteiger partial charge in [0.1, 0.15) is 5.25 Å². The van der Waals surface area contributed by atoms with E-state index < -0.39 is 0 Å². The van der Waals surface area contributed by atoms with Crippen molar-refractivity contribution in [3.8, 4) is 0 Å². The lowest BCUT2D eigenvalue weighted by Crippen LogP contribution is -2.38. The summed E-state index contributed by atoms with van der Waals surface area (Å²) in [5.74, 6) is 0.0914. The Morgan fingerprint density at radius 2 is 1.77 bits per heavy atom. The first kappa shape index (κ1) is 15.1. The lowest BCUT2D eigenvalue weighted by atomic mass is 10.1. The van der Waals surface area contributed by atoms with Crippen LogP contribution >= 0.6 is 11.8 Å². The van der Waals surface area contributed by atoms with Gasteiger partial charge in [0.2, 0.25) is 5.91 Å². The summed E-state index contributed by atoms with van der Waals surface area (Å²) < 4.78 is 0. The molecule has 2 atom stereocenters. The van der Waals surface area contributed by atoms with Crippen LogP contribution < -0.4 is 10.6 Å². The van der Waals surface area contributed by atoms with E-state index in [9.17, 15) is 4.79 Å². The van der Waals surface area contributed by atoms with Crippen molar-refractivity contribution in [3.05, 3.63) is 66.2 Å². The quantitative estimate of drug-likeness (QED) is 0.834. The van der Waals surface area contributed by atoms with Gasteiger partial charge in [-0.25, -0.2) is 0 Å². The first-order valence-electron chi connectivity index (χ1n) is 7.60. The second kappa shape index (κ2) is 7.47. The van der Waals surface area contributed by atoms with E-state index in [-0.39, 0.29) is 17.2 Å². The number of hydrogen-bond acceptors (Lipinski definition) is 3.